The minimum atomic E-state index is -1.43. The Hall–Kier alpha value is -2.04. The fourth-order valence-corrected chi connectivity index (χ4v) is 4.98. The van der Waals surface area contributed by atoms with E-state index in [4.69, 9.17) is 14.2 Å². The maximum atomic E-state index is 12.6. The van der Waals surface area contributed by atoms with Gasteiger partial charge in [-0.3, -0.25) is 9.59 Å². The molecular formula is C30H48O9. The molecular weight excluding hydrogens is 504 g/mol. The number of allylic oxidation sites excluding steroid dienone is 2. The zero-order valence-electron chi connectivity index (χ0n) is 24.4. The van der Waals surface area contributed by atoms with Gasteiger partial charge in [0.15, 0.2) is 0 Å². The summed E-state index contributed by atoms with van der Waals surface area (Å²) in [5.74, 6) is -1.46. The van der Waals surface area contributed by atoms with Crippen LogP contribution in [0.5, 0.6) is 0 Å². The van der Waals surface area contributed by atoms with Crippen molar-refractivity contribution in [3.63, 3.8) is 0 Å². The van der Waals surface area contributed by atoms with Crippen LogP contribution >= 0.6 is 0 Å². The number of hydrogen-bond donors (Lipinski definition) is 4. The van der Waals surface area contributed by atoms with Crippen LogP contribution in [0, 0.1) is 11.8 Å². The van der Waals surface area contributed by atoms with E-state index in [0.29, 0.717) is 18.4 Å². The fourth-order valence-electron chi connectivity index (χ4n) is 4.98. The summed E-state index contributed by atoms with van der Waals surface area (Å²) in [6.07, 6.45) is 6.23. The first kappa shape index (κ1) is 33.2. The van der Waals surface area contributed by atoms with Crippen molar-refractivity contribution in [3.8, 4) is 0 Å². The van der Waals surface area contributed by atoms with Gasteiger partial charge in [0.25, 0.3) is 0 Å². The number of esters is 2. The maximum Gasteiger partial charge on any atom is 0.309 e. The van der Waals surface area contributed by atoms with Crippen molar-refractivity contribution in [3.05, 3.63) is 36.0 Å². The molecule has 0 aromatic rings. The maximum absolute atomic E-state index is 12.6. The molecule has 9 heteroatoms. The lowest BCUT2D eigenvalue weighted by Gasteiger charge is -2.32. The molecule has 0 radical (unpaired) electrons. The van der Waals surface area contributed by atoms with Crippen LogP contribution in [0.25, 0.3) is 0 Å². The molecule has 222 valence electrons. The zero-order chi connectivity index (χ0) is 29.5. The van der Waals surface area contributed by atoms with Gasteiger partial charge in [0.2, 0.25) is 0 Å². The molecule has 2 rings (SSSR count). The Morgan fingerprint density at radius 2 is 2.00 bits per heavy atom. The molecule has 0 amide bonds. The lowest BCUT2D eigenvalue weighted by molar-refractivity contribution is -0.157. The molecule has 0 saturated carbocycles. The summed E-state index contributed by atoms with van der Waals surface area (Å²) in [7, 11) is 0. The molecule has 1 saturated heterocycles. The first-order valence-electron chi connectivity index (χ1n) is 13.9. The van der Waals surface area contributed by atoms with Crippen molar-refractivity contribution in [2.75, 3.05) is 0 Å². The quantitative estimate of drug-likeness (QED) is 0.147. The first-order chi connectivity index (χ1) is 18.1. The van der Waals surface area contributed by atoms with E-state index in [1.807, 2.05) is 20.8 Å². The van der Waals surface area contributed by atoms with Crippen molar-refractivity contribution >= 4 is 11.9 Å². The van der Waals surface area contributed by atoms with Gasteiger partial charge in [-0.1, -0.05) is 45.1 Å². The summed E-state index contributed by atoms with van der Waals surface area (Å²) in [6.45, 7) is 12.0. The Morgan fingerprint density at radius 1 is 1.33 bits per heavy atom. The number of hydrogen-bond acceptors (Lipinski definition) is 9. The van der Waals surface area contributed by atoms with Gasteiger partial charge in [0.1, 0.15) is 17.8 Å². The number of cyclic esters (lactones) is 1. The Kier molecular flexibility index (Phi) is 11.9. The van der Waals surface area contributed by atoms with Gasteiger partial charge in [-0.05, 0) is 51.7 Å². The van der Waals surface area contributed by atoms with Gasteiger partial charge in [0, 0.05) is 25.2 Å². The lowest BCUT2D eigenvalue weighted by atomic mass is 9.88. The van der Waals surface area contributed by atoms with Gasteiger partial charge in [-0.25, -0.2) is 0 Å². The smallest absolute Gasteiger partial charge is 0.309 e. The summed E-state index contributed by atoms with van der Waals surface area (Å²) < 4.78 is 16.8. The molecule has 0 aromatic carbocycles. The van der Waals surface area contributed by atoms with Crippen molar-refractivity contribution in [2.45, 2.75) is 128 Å². The molecule has 10 atom stereocenters. The van der Waals surface area contributed by atoms with E-state index in [-0.39, 0.29) is 43.3 Å². The number of aliphatic hydroxyl groups excluding tert-OH is 2. The van der Waals surface area contributed by atoms with E-state index in [0.717, 1.165) is 0 Å². The number of rotatable bonds is 9. The molecule has 0 bridgehead atoms. The van der Waals surface area contributed by atoms with Crippen molar-refractivity contribution < 1.29 is 44.2 Å². The fraction of sp³-hybridized carbons (Fsp3) is 0.733. The minimum absolute atomic E-state index is 0.00472. The summed E-state index contributed by atoms with van der Waals surface area (Å²) >= 11 is 0. The summed E-state index contributed by atoms with van der Waals surface area (Å²) in [5.41, 5.74) is -1.87. The predicted molar refractivity (Wildman–Crippen MR) is 146 cm³/mol. The van der Waals surface area contributed by atoms with Gasteiger partial charge in [0.05, 0.1) is 36.4 Å². The van der Waals surface area contributed by atoms with Gasteiger partial charge in [-0.2, -0.15) is 0 Å². The van der Waals surface area contributed by atoms with E-state index in [9.17, 15) is 30.0 Å². The van der Waals surface area contributed by atoms with Crippen molar-refractivity contribution in [2.24, 2.45) is 11.8 Å². The Bertz CT molecular complexity index is 919. The topological polar surface area (TPSA) is 146 Å². The molecule has 2 aliphatic heterocycles. The molecule has 2 heterocycles. The highest BCUT2D eigenvalue weighted by atomic mass is 16.6. The van der Waals surface area contributed by atoms with E-state index < -0.39 is 47.6 Å². The monoisotopic (exact) mass is 552 g/mol. The molecule has 2 aliphatic rings. The van der Waals surface area contributed by atoms with Crippen molar-refractivity contribution in [1.82, 2.24) is 0 Å². The average molecular weight is 553 g/mol. The van der Waals surface area contributed by atoms with Gasteiger partial charge in [-0.15, -0.1) is 0 Å². The molecule has 0 spiro atoms. The Balaban J connectivity index is 2.18. The molecule has 39 heavy (non-hydrogen) atoms. The number of ether oxygens (including phenoxy) is 3. The van der Waals surface area contributed by atoms with Crippen LogP contribution in [-0.2, 0) is 23.8 Å². The van der Waals surface area contributed by atoms with Crippen LogP contribution in [-0.4, -0.2) is 80.2 Å². The largest absolute Gasteiger partial charge is 0.457 e. The highest BCUT2D eigenvalue weighted by molar-refractivity contribution is 5.70. The normalized spacial score (nSPS) is 36.6. The van der Waals surface area contributed by atoms with E-state index >= 15 is 0 Å². The summed E-state index contributed by atoms with van der Waals surface area (Å²) in [6, 6.07) is 0. The third kappa shape index (κ3) is 10.5. The van der Waals surface area contributed by atoms with Gasteiger partial charge < -0.3 is 34.6 Å². The van der Waals surface area contributed by atoms with Crippen molar-refractivity contribution in [1.29, 1.82) is 0 Å². The van der Waals surface area contributed by atoms with E-state index in [1.54, 1.807) is 44.2 Å². The first-order valence-corrected chi connectivity index (χ1v) is 13.9. The minimum Gasteiger partial charge on any atom is -0.457 e. The lowest BCUT2D eigenvalue weighted by Crippen LogP contribution is -2.42. The molecule has 9 nitrogen and oxygen atoms in total. The van der Waals surface area contributed by atoms with Gasteiger partial charge >= 0.3 is 11.9 Å². The number of carbonyl (C=O) groups excluding carboxylic acids is 2. The average Bonchev–Trinajstić information content (AvgIpc) is 3.59. The van der Waals surface area contributed by atoms with E-state index in [1.165, 1.54) is 13.8 Å². The standard InChI is InChI=1S/C30H48O9/c1-8-23(33)20(4)28-24(38-28)17-29(6,35)14-9-10-18(2)27-19(3)11-12-25(37-21(5)31)30(7,36)15-13-22(32)16-26(34)39-27/h9-12,14,19-20,22-25,27-28,32-33,35-36H,8,13,15-17H2,1-7H3/b12-11-,14-9+,18-10+/t19-,20+,22+,23-,24+,25-,27+,28-,29-,30+/m0/s1. The highest BCUT2D eigenvalue weighted by Crippen LogP contribution is 2.37. The van der Waals surface area contributed by atoms with Crippen LogP contribution in [0.4, 0.5) is 0 Å². The van der Waals surface area contributed by atoms with Crippen LogP contribution in [0.2, 0.25) is 0 Å². The summed E-state index contributed by atoms with van der Waals surface area (Å²) in [4.78, 5) is 24.3. The predicted octanol–water partition coefficient (Wildman–Crippen LogP) is 3.14. The summed E-state index contributed by atoms with van der Waals surface area (Å²) in [5, 5.41) is 42.2. The Morgan fingerprint density at radius 3 is 2.62 bits per heavy atom. The second-order valence-corrected chi connectivity index (χ2v) is 11.7. The van der Waals surface area contributed by atoms with E-state index in [2.05, 4.69) is 0 Å². The second-order valence-electron chi connectivity index (χ2n) is 11.7. The molecule has 0 unspecified atom stereocenters. The third-order valence-corrected chi connectivity index (χ3v) is 7.66. The van der Waals surface area contributed by atoms with Crippen LogP contribution in [0.1, 0.15) is 80.6 Å². The number of carbonyl (C=O) groups is 2. The highest BCUT2D eigenvalue weighted by Gasteiger charge is 2.47. The molecule has 4 N–H and O–H groups in total. The molecule has 1 fully saturated rings. The molecule has 0 aromatic heterocycles. The Labute approximate surface area is 232 Å². The number of epoxide rings is 1. The second kappa shape index (κ2) is 14.0. The van der Waals surface area contributed by atoms with Crippen LogP contribution < -0.4 is 0 Å². The third-order valence-electron chi connectivity index (χ3n) is 7.66. The SMILES string of the molecule is CC[C@H](O)[C@@H](C)[C@@H]1O[C@@H]1C[C@@](C)(O)/C=C/C=C(\C)[C@H]1OC(=O)C[C@H](O)CC[C@@](C)(O)[C@@H](OC(C)=O)/C=C\[C@@H]1C. The number of aliphatic hydroxyl groups is 4. The van der Waals surface area contributed by atoms with Crippen LogP contribution in [0.15, 0.2) is 36.0 Å². The molecule has 0 aliphatic carbocycles. The van der Waals surface area contributed by atoms with Crippen LogP contribution in [0.3, 0.4) is 0 Å². The zero-order valence-corrected chi connectivity index (χ0v) is 24.4.